The summed E-state index contributed by atoms with van der Waals surface area (Å²) in [7, 11) is -0.671. The topological polar surface area (TPSA) is 55.8 Å². The summed E-state index contributed by atoms with van der Waals surface area (Å²) in [5.74, 6) is 0.563. The molecule has 7 heteroatoms. The first-order valence-corrected chi connectivity index (χ1v) is 9.88. The summed E-state index contributed by atoms with van der Waals surface area (Å²) in [6.45, 7) is 0.475. The van der Waals surface area contributed by atoms with Crippen molar-refractivity contribution in [2.75, 3.05) is 20.8 Å². The van der Waals surface area contributed by atoms with Crippen LogP contribution in [0, 0.1) is 5.82 Å². The minimum absolute atomic E-state index is 0.140. The maximum Gasteiger partial charge on any atom is 0.243 e. The van der Waals surface area contributed by atoms with Gasteiger partial charge < -0.3 is 9.47 Å². The average Bonchev–Trinajstić information content (AvgIpc) is 3.12. The summed E-state index contributed by atoms with van der Waals surface area (Å²) in [4.78, 5) is 0.182. The Balaban J connectivity index is 1.86. The molecular formula is C19H22FNO4S. The van der Waals surface area contributed by atoms with Crippen molar-refractivity contribution in [3.05, 3.63) is 53.8 Å². The van der Waals surface area contributed by atoms with Crippen LogP contribution in [0.3, 0.4) is 0 Å². The average molecular weight is 379 g/mol. The molecule has 0 radical (unpaired) electrons. The molecule has 0 N–H and O–H groups in total. The first-order chi connectivity index (χ1) is 12.5. The van der Waals surface area contributed by atoms with Crippen LogP contribution in [0.2, 0.25) is 0 Å². The monoisotopic (exact) mass is 379 g/mol. The zero-order valence-electron chi connectivity index (χ0n) is 14.8. The SMILES string of the molecule is COc1ccc(S(=O)(=O)N2CCCC2Cc2ccc(F)cc2)cc1OC. The molecule has 1 saturated heterocycles. The molecule has 3 rings (SSSR count). The van der Waals surface area contributed by atoms with Gasteiger partial charge in [0.25, 0.3) is 0 Å². The molecule has 0 spiro atoms. The number of hydrogen-bond acceptors (Lipinski definition) is 4. The van der Waals surface area contributed by atoms with Gasteiger partial charge in [-0.3, -0.25) is 0 Å². The first kappa shape index (κ1) is 18.7. The van der Waals surface area contributed by atoms with Gasteiger partial charge in [-0.25, -0.2) is 12.8 Å². The van der Waals surface area contributed by atoms with E-state index in [0.29, 0.717) is 24.5 Å². The number of sulfonamides is 1. The van der Waals surface area contributed by atoms with Crippen LogP contribution in [0.5, 0.6) is 11.5 Å². The number of ether oxygens (including phenoxy) is 2. The van der Waals surface area contributed by atoms with E-state index in [1.54, 1.807) is 18.2 Å². The lowest BCUT2D eigenvalue weighted by atomic mass is 10.0. The molecule has 1 aliphatic rings. The maximum absolute atomic E-state index is 13.1. The molecule has 0 aliphatic carbocycles. The van der Waals surface area contributed by atoms with Crippen molar-refractivity contribution in [2.24, 2.45) is 0 Å². The summed E-state index contributed by atoms with van der Waals surface area (Å²) >= 11 is 0. The lowest BCUT2D eigenvalue weighted by Crippen LogP contribution is -2.36. The van der Waals surface area contributed by atoms with Gasteiger partial charge in [-0.15, -0.1) is 0 Å². The molecule has 0 bridgehead atoms. The fourth-order valence-electron chi connectivity index (χ4n) is 3.33. The summed E-state index contributed by atoms with van der Waals surface area (Å²) in [5.41, 5.74) is 0.922. The van der Waals surface area contributed by atoms with E-state index in [4.69, 9.17) is 9.47 Å². The highest BCUT2D eigenvalue weighted by atomic mass is 32.2. The molecule has 0 saturated carbocycles. The molecule has 5 nitrogen and oxygen atoms in total. The summed E-state index contributed by atoms with van der Waals surface area (Å²) in [6.07, 6.45) is 2.15. The molecule has 1 fully saturated rings. The van der Waals surface area contributed by atoms with E-state index in [0.717, 1.165) is 18.4 Å². The van der Waals surface area contributed by atoms with Crippen LogP contribution in [0.1, 0.15) is 18.4 Å². The van der Waals surface area contributed by atoms with Gasteiger partial charge in [-0.2, -0.15) is 4.31 Å². The van der Waals surface area contributed by atoms with E-state index in [1.807, 2.05) is 0 Å². The normalized spacial score (nSPS) is 18.0. The minimum atomic E-state index is -3.65. The van der Waals surface area contributed by atoms with Crippen LogP contribution >= 0.6 is 0 Å². The van der Waals surface area contributed by atoms with Crippen LogP contribution in [0.4, 0.5) is 4.39 Å². The van der Waals surface area contributed by atoms with Gasteiger partial charge in [0.2, 0.25) is 10.0 Å². The molecule has 26 heavy (non-hydrogen) atoms. The molecule has 0 aromatic heterocycles. The number of methoxy groups -OCH3 is 2. The molecule has 0 amide bonds. The van der Waals surface area contributed by atoms with Crippen molar-refractivity contribution >= 4 is 10.0 Å². The Morgan fingerprint density at radius 2 is 1.77 bits per heavy atom. The van der Waals surface area contributed by atoms with Gasteiger partial charge in [-0.05, 0) is 49.1 Å². The molecule has 1 unspecified atom stereocenters. The standard InChI is InChI=1S/C19H22FNO4S/c1-24-18-10-9-17(13-19(18)25-2)26(22,23)21-11-3-4-16(21)12-14-5-7-15(20)8-6-14/h5-10,13,16H,3-4,11-12H2,1-2H3. The smallest absolute Gasteiger partial charge is 0.243 e. The summed E-state index contributed by atoms with van der Waals surface area (Å²) < 4.78 is 51.3. The van der Waals surface area contributed by atoms with Crippen molar-refractivity contribution in [1.82, 2.24) is 4.31 Å². The third-order valence-electron chi connectivity index (χ3n) is 4.67. The Bertz CT molecular complexity index is 868. The highest BCUT2D eigenvalue weighted by molar-refractivity contribution is 7.89. The lowest BCUT2D eigenvalue weighted by molar-refractivity contribution is 0.353. The Morgan fingerprint density at radius 3 is 2.42 bits per heavy atom. The molecule has 1 aliphatic heterocycles. The predicted octanol–water partition coefficient (Wildman–Crippen LogP) is 3.24. The Morgan fingerprint density at radius 1 is 1.08 bits per heavy atom. The van der Waals surface area contributed by atoms with Gasteiger partial charge in [-0.1, -0.05) is 12.1 Å². The van der Waals surface area contributed by atoms with Crippen LogP contribution in [0.15, 0.2) is 47.4 Å². The Hall–Kier alpha value is -2.12. The van der Waals surface area contributed by atoms with Crippen LogP contribution < -0.4 is 9.47 Å². The number of rotatable bonds is 6. The minimum Gasteiger partial charge on any atom is -0.493 e. The van der Waals surface area contributed by atoms with E-state index in [2.05, 4.69) is 0 Å². The largest absolute Gasteiger partial charge is 0.493 e. The van der Waals surface area contributed by atoms with Gasteiger partial charge in [0, 0.05) is 18.7 Å². The van der Waals surface area contributed by atoms with E-state index < -0.39 is 10.0 Å². The first-order valence-electron chi connectivity index (χ1n) is 8.44. The second-order valence-corrected chi connectivity index (χ2v) is 8.15. The van der Waals surface area contributed by atoms with Gasteiger partial charge in [0.15, 0.2) is 11.5 Å². The number of nitrogens with zero attached hydrogens (tertiary/aromatic N) is 1. The van der Waals surface area contributed by atoms with Gasteiger partial charge in [0.1, 0.15) is 5.82 Å². The lowest BCUT2D eigenvalue weighted by Gasteiger charge is -2.24. The quantitative estimate of drug-likeness (QED) is 0.773. The Labute approximate surface area is 153 Å². The molecule has 2 aromatic rings. The van der Waals surface area contributed by atoms with Crippen molar-refractivity contribution in [1.29, 1.82) is 0 Å². The highest BCUT2D eigenvalue weighted by Crippen LogP contribution is 2.33. The van der Waals surface area contributed by atoms with Crippen molar-refractivity contribution in [2.45, 2.75) is 30.2 Å². The van der Waals surface area contributed by atoms with Crippen molar-refractivity contribution in [3.8, 4) is 11.5 Å². The van der Waals surface area contributed by atoms with Crippen molar-refractivity contribution < 1.29 is 22.3 Å². The molecular weight excluding hydrogens is 357 g/mol. The highest BCUT2D eigenvalue weighted by Gasteiger charge is 2.35. The van der Waals surface area contributed by atoms with Crippen LogP contribution in [-0.2, 0) is 16.4 Å². The van der Waals surface area contributed by atoms with Crippen LogP contribution in [0.25, 0.3) is 0 Å². The van der Waals surface area contributed by atoms with Crippen molar-refractivity contribution in [3.63, 3.8) is 0 Å². The fraction of sp³-hybridized carbons (Fsp3) is 0.368. The fourth-order valence-corrected chi connectivity index (χ4v) is 5.04. The van der Waals surface area contributed by atoms with E-state index >= 15 is 0 Å². The molecule has 1 heterocycles. The zero-order chi connectivity index (χ0) is 18.7. The number of hydrogen-bond donors (Lipinski definition) is 0. The number of halogens is 1. The Kier molecular flexibility index (Phi) is 5.48. The maximum atomic E-state index is 13.1. The summed E-state index contributed by atoms with van der Waals surface area (Å²) in [6, 6.07) is 10.7. The molecule has 140 valence electrons. The van der Waals surface area contributed by atoms with E-state index in [9.17, 15) is 12.8 Å². The second-order valence-electron chi connectivity index (χ2n) is 6.26. The van der Waals surface area contributed by atoms with Gasteiger partial charge >= 0.3 is 0 Å². The summed E-state index contributed by atoms with van der Waals surface area (Å²) in [5, 5.41) is 0. The van der Waals surface area contributed by atoms with Crippen LogP contribution in [-0.4, -0.2) is 39.5 Å². The van der Waals surface area contributed by atoms with Gasteiger partial charge in [0.05, 0.1) is 19.1 Å². The third-order valence-corrected chi connectivity index (χ3v) is 6.62. The third kappa shape index (κ3) is 3.68. The predicted molar refractivity (Wildman–Crippen MR) is 96.6 cm³/mol. The molecule has 2 aromatic carbocycles. The zero-order valence-corrected chi connectivity index (χ0v) is 15.6. The van der Waals surface area contributed by atoms with E-state index in [1.165, 1.54) is 42.8 Å². The van der Waals surface area contributed by atoms with E-state index in [-0.39, 0.29) is 16.8 Å². The molecule has 1 atom stereocenters. The second kappa shape index (κ2) is 7.63. The number of benzene rings is 2.